The van der Waals surface area contributed by atoms with E-state index >= 15 is 0 Å². The Morgan fingerprint density at radius 1 is 1.45 bits per heavy atom. The van der Waals surface area contributed by atoms with Gasteiger partial charge < -0.3 is 15.3 Å². The number of rotatable bonds is 4. The van der Waals surface area contributed by atoms with Crippen LogP contribution in [0.15, 0.2) is 22.7 Å². The molecule has 106 valence electrons. The summed E-state index contributed by atoms with van der Waals surface area (Å²) < 4.78 is 0.610. The number of carboxylic acids is 1. The summed E-state index contributed by atoms with van der Waals surface area (Å²) in [6.07, 6.45) is 0. The number of amides is 2. The van der Waals surface area contributed by atoms with Crippen LogP contribution in [-0.4, -0.2) is 46.0 Å². The van der Waals surface area contributed by atoms with Gasteiger partial charge in [0.15, 0.2) is 0 Å². The Balaban J connectivity index is 2.07. The van der Waals surface area contributed by atoms with Crippen LogP contribution in [0.25, 0.3) is 0 Å². The van der Waals surface area contributed by atoms with Gasteiger partial charge in [0.25, 0.3) is 0 Å². The summed E-state index contributed by atoms with van der Waals surface area (Å²) in [5.41, 5.74) is 0.208. The lowest BCUT2D eigenvalue weighted by atomic mass is 10.2. The highest BCUT2D eigenvalue weighted by molar-refractivity contribution is 9.10. The molecule has 0 radical (unpaired) electrons. The zero-order valence-corrected chi connectivity index (χ0v) is 12.7. The van der Waals surface area contributed by atoms with Crippen molar-refractivity contribution in [2.24, 2.45) is 0 Å². The number of halogens is 1. The van der Waals surface area contributed by atoms with E-state index in [1.165, 1.54) is 28.8 Å². The van der Waals surface area contributed by atoms with E-state index in [0.29, 0.717) is 16.1 Å². The van der Waals surface area contributed by atoms with Gasteiger partial charge in [-0.2, -0.15) is 0 Å². The Hall–Kier alpha value is -1.54. The quantitative estimate of drug-likeness (QED) is 0.853. The zero-order valence-electron chi connectivity index (χ0n) is 10.3. The Morgan fingerprint density at radius 2 is 2.20 bits per heavy atom. The predicted molar refractivity (Wildman–Crippen MR) is 78.8 cm³/mol. The zero-order chi connectivity index (χ0) is 14.7. The number of benzene rings is 1. The molecule has 0 unspecified atom stereocenters. The van der Waals surface area contributed by atoms with Crippen LogP contribution in [0.3, 0.4) is 0 Å². The molecule has 2 rings (SSSR count). The van der Waals surface area contributed by atoms with Crippen molar-refractivity contribution in [1.29, 1.82) is 0 Å². The third-order valence-electron chi connectivity index (χ3n) is 2.65. The summed E-state index contributed by atoms with van der Waals surface area (Å²) >= 11 is 4.62. The third-order valence-corrected chi connectivity index (χ3v) is 4.08. The maximum Gasteiger partial charge on any atom is 0.337 e. The molecular formula is C12H11BrN2O4S. The molecule has 1 heterocycles. The first-order chi connectivity index (χ1) is 9.47. The molecule has 0 spiro atoms. The molecule has 20 heavy (non-hydrogen) atoms. The lowest BCUT2D eigenvalue weighted by molar-refractivity contribution is -0.130. The number of carbonyl (C=O) groups excluding carboxylic acids is 2. The topological polar surface area (TPSA) is 86.7 Å². The van der Waals surface area contributed by atoms with Gasteiger partial charge in [-0.15, -0.1) is 11.8 Å². The normalized spacial score (nSPS) is 14.4. The van der Waals surface area contributed by atoms with E-state index < -0.39 is 11.9 Å². The van der Waals surface area contributed by atoms with E-state index in [-0.39, 0.29) is 23.7 Å². The Bertz CT molecular complexity index is 579. The monoisotopic (exact) mass is 358 g/mol. The van der Waals surface area contributed by atoms with Crippen molar-refractivity contribution < 1.29 is 19.5 Å². The SMILES string of the molecule is O=C(CN1CSCC1=O)Nc1ccc(Br)cc1C(=O)O. The maximum absolute atomic E-state index is 11.9. The molecule has 1 aromatic rings. The van der Waals surface area contributed by atoms with E-state index in [2.05, 4.69) is 21.2 Å². The van der Waals surface area contributed by atoms with Gasteiger partial charge >= 0.3 is 5.97 Å². The Labute approximate surface area is 127 Å². The standard InChI is InChI=1S/C12H11BrN2O4S/c13-7-1-2-9(8(3-7)12(18)19)14-10(16)4-15-6-20-5-11(15)17/h1-3H,4-6H2,(H,14,16)(H,18,19). The van der Waals surface area contributed by atoms with Crippen LogP contribution in [0.2, 0.25) is 0 Å². The summed E-state index contributed by atoms with van der Waals surface area (Å²) in [4.78, 5) is 35.8. The second-order valence-electron chi connectivity index (χ2n) is 4.11. The maximum atomic E-state index is 11.9. The number of carboxylic acid groups (broad SMARTS) is 1. The third kappa shape index (κ3) is 3.51. The molecule has 0 aromatic heterocycles. The fourth-order valence-corrected chi connectivity index (χ4v) is 2.97. The fourth-order valence-electron chi connectivity index (χ4n) is 1.71. The van der Waals surface area contributed by atoms with Gasteiger partial charge in [-0.3, -0.25) is 9.59 Å². The minimum atomic E-state index is -1.13. The van der Waals surface area contributed by atoms with Crippen LogP contribution < -0.4 is 5.32 Å². The number of hydrogen-bond acceptors (Lipinski definition) is 4. The molecule has 8 heteroatoms. The van der Waals surface area contributed by atoms with Crippen LogP contribution in [0, 0.1) is 0 Å². The molecule has 0 aliphatic carbocycles. The molecule has 1 saturated heterocycles. The summed E-state index contributed by atoms with van der Waals surface area (Å²) in [6.45, 7) is -0.0685. The summed E-state index contributed by atoms with van der Waals surface area (Å²) in [7, 11) is 0. The van der Waals surface area contributed by atoms with Crippen molar-refractivity contribution >= 4 is 51.2 Å². The lowest BCUT2D eigenvalue weighted by Crippen LogP contribution is -2.34. The van der Waals surface area contributed by atoms with Gasteiger partial charge in [0, 0.05) is 4.47 Å². The molecule has 0 atom stereocenters. The number of hydrogen-bond donors (Lipinski definition) is 2. The number of carbonyl (C=O) groups is 3. The number of anilines is 1. The second kappa shape index (κ2) is 6.27. The van der Waals surface area contributed by atoms with Crippen LogP contribution in [0.4, 0.5) is 5.69 Å². The lowest BCUT2D eigenvalue weighted by Gasteiger charge is -2.15. The average Bonchev–Trinajstić information content (AvgIpc) is 2.77. The molecule has 0 bridgehead atoms. The Morgan fingerprint density at radius 3 is 2.80 bits per heavy atom. The average molecular weight is 359 g/mol. The largest absolute Gasteiger partial charge is 0.478 e. The molecule has 1 aliphatic rings. The highest BCUT2D eigenvalue weighted by atomic mass is 79.9. The van der Waals surface area contributed by atoms with Crippen LogP contribution >= 0.6 is 27.7 Å². The molecule has 2 N–H and O–H groups in total. The van der Waals surface area contributed by atoms with Gasteiger partial charge in [0.1, 0.15) is 6.54 Å². The minimum absolute atomic E-state index is 0.00477. The molecule has 0 saturated carbocycles. The first-order valence-corrected chi connectivity index (χ1v) is 7.60. The van der Waals surface area contributed by atoms with Crippen molar-refractivity contribution in [3.05, 3.63) is 28.2 Å². The van der Waals surface area contributed by atoms with Crippen molar-refractivity contribution in [3.63, 3.8) is 0 Å². The summed E-state index contributed by atoms with van der Waals surface area (Å²) in [5.74, 6) is -0.760. The first-order valence-electron chi connectivity index (χ1n) is 5.65. The van der Waals surface area contributed by atoms with E-state index in [1.54, 1.807) is 6.07 Å². The second-order valence-corrected chi connectivity index (χ2v) is 5.98. The minimum Gasteiger partial charge on any atom is -0.478 e. The van der Waals surface area contributed by atoms with Gasteiger partial charge in [-0.25, -0.2) is 4.79 Å². The van der Waals surface area contributed by atoms with Crippen LogP contribution in [0.5, 0.6) is 0 Å². The van der Waals surface area contributed by atoms with Crippen LogP contribution in [0.1, 0.15) is 10.4 Å². The van der Waals surface area contributed by atoms with Crippen molar-refractivity contribution in [3.8, 4) is 0 Å². The van der Waals surface area contributed by atoms with Gasteiger partial charge in [-0.05, 0) is 18.2 Å². The van der Waals surface area contributed by atoms with E-state index in [1.807, 2.05) is 0 Å². The molecule has 2 amide bonds. The molecule has 1 fully saturated rings. The summed E-state index contributed by atoms with van der Waals surface area (Å²) in [5, 5.41) is 11.6. The fraction of sp³-hybridized carbons (Fsp3) is 0.250. The number of nitrogens with zero attached hydrogens (tertiary/aromatic N) is 1. The molecule has 1 aromatic carbocycles. The number of aromatic carboxylic acids is 1. The number of nitrogens with one attached hydrogen (secondary N) is 1. The van der Waals surface area contributed by atoms with Gasteiger partial charge in [0.2, 0.25) is 11.8 Å². The Kier molecular flexibility index (Phi) is 4.66. The highest BCUT2D eigenvalue weighted by Gasteiger charge is 2.23. The van der Waals surface area contributed by atoms with Crippen molar-refractivity contribution in [2.75, 3.05) is 23.5 Å². The predicted octanol–water partition coefficient (Wildman–Crippen LogP) is 1.62. The first kappa shape index (κ1) is 14.9. The van der Waals surface area contributed by atoms with Crippen molar-refractivity contribution in [1.82, 2.24) is 4.90 Å². The van der Waals surface area contributed by atoms with Crippen LogP contribution in [-0.2, 0) is 9.59 Å². The van der Waals surface area contributed by atoms with Gasteiger partial charge in [-0.1, -0.05) is 15.9 Å². The molecule has 6 nitrogen and oxygen atoms in total. The molecule has 1 aliphatic heterocycles. The molecular weight excluding hydrogens is 348 g/mol. The smallest absolute Gasteiger partial charge is 0.337 e. The highest BCUT2D eigenvalue weighted by Crippen LogP contribution is 2.21. The van der Waals surface area contributed by atoms with Crippen molar-refractivity contribution in [2.45, 2.75) is 0 Å². The van der Waals surface area contributed by atoms with Gasteiger partial charge in [0.05, 0.1) is 22.9 Å². The number of thioether (sulfide) groups is 1. The van der Waals surface area contributed by atoms with E-state index in [0.717, 1.165) is 0 Å². The van der Waals surface area contributed by atoms with E-state index in [4.69, 9.17) is 5.11 Å². The summed E-state index contributed by atoms with van der Waals surface area (Å²) in [6, 6.07) is 4.56. The van der Waals surface area contributed by atoms with E-state index in [9.17, 15) is 14.4 Å².